The second-order valence-corrected chi connectivity index (χ2v) is 2.56. The summed E-state index contributed by atoms with van der Waals surface area (Å²) in [6.07, 6.45) is 2.56. The lowest BCUT2D eigenvalue weighted by Crippen LogP contribution is -1.78. The zero-order valence-electron chi connectivity index (χ0n) is 6.17. The van der Waals surface area contributed by atoms with Gasteiger partial charge in [0.25, 0.3) is 0 Å². The minimum Gasteiger partial charge on any atom is -0.361 e. The Labute approximate surface area is 66.8 Å². The Hall–Kier alpha value is -1.18. The van der Waals surface area contributed by atoms with Crippen molar-refractivity contribution in [2.24, 2.45) is 0 Å². The summed E-state index contributed by atoms with van der Waals surface area (Å²) in [5, 5.41) is 1.23. The smallest absolute Gasteiger partial charge is 0.0717 e. The molecule has 0 fully saturated rings. The molecule has 52 valence electrons. The van der Waals surface area contributed by atoms with Crippen LogP contribution in [0.2, 0.25) is 0 Å². The van der Waals surface area contributed by atoms with Crippen molar-refractivity contribution < 1.29 is 0 Å². The number of benzene rings is 1. The molecule has 0 saturated heterocycles. The highest BCUT2D eigenvalue weighted by Crippen LogP contribution is 2.16. The Morgan fingerprint density at radius 2 is 2.09 bits per heavy atom. The fourth-order valence-electron chi connectivity index (χ4n) is 1.30. The van der Waals surface area contributed by atoms with E-state index in [1.807, 2.05) is 18.3 Å². The van der Waals surface area contributed by atoms with Crippen LogP contribution in [0.3, 0.4) is 0 Å². The zero-order valence-corrected chi connectivity index (χ0v) is 6.17. The average molecular weight is 141 g/mol. The summed E-state index contributed by atoms with van der Waals surface area (Å²) in [5.41, 5.74) is 2.34. The molecule has 1 heterocycles. The van der Waals surface area contributed by atoms with Gasteiger partial charge in [-0.3, -0.25) is 0 Å². The quantitative estimate of drug-likeness (QED) is 0.583. The van der Waals surface area contributed by atoms with Gasteiger partial charge in [0.2, 0.25) is 0 Å². The Bertz CT molecular complexity index is 364. The van der Waals surface area contributed by atoms with Crippen molar-refractivity contribution in [1.82, 2.24) is 4.98 Å². The Morgan fingerprint density at radius 3 is 2.91 bits per heavy atom. The van der Waals surface area contributed by atoms with Gasteiger partial charge in [0.05, 0.1) is 7.85 Å². The molecule has 0 saturated carbocycles. The third-order valence-electron chi connectivity index (χ3n) is 1.89. The van der Waals surface area contributed by atoms with Gasteiger partial charge < -0.3 is 4.98 Å². The molecule has 2 radical (unpaired) electrons. The molecule has 11 heavy (non-hydrogen) atoms. The second-order valence-electron chi connectivity index (χ2n) is 2.56. The molecular weight excluding hydrogens is 133 g/mol. The number of aromatic nitrogens is 1. The van der Waals surface area contributed by atoms with E-state index < -0.39 is 0 Å². The lowest BCUT2D eigenvalue weighted by Gasteiger charge is -1.90. The molecule has 0 unspecified atom stereocenters. The van der Waals surface area contributed by atoms with Gasteiger partial charge >= 0.3 is 0 Å². The van der Waals surface area contributed by atoms with Gasteiger partial charge in [0.15, 0.2) is 0 Å². The number of rotatable bonds is 1. The molecule has 2 aromatic rings. The largest absolute Gasteiger partial charge is 0.361 e. The van der Waals surface area contributed by atoms with Gasteiger partial charge in [-0.1, -0.05) is 24.5 Å². The molecule has 0 spiro atoms. The lowest BCUT2D eigenvalue weighted by molar-refractivity contribution is 1.39. The predicted octanol–water partition coefficient (Wildman–Crippen LogP) is 1.84. The fourth-order valence-corrected chi connectivity index (χ4v) is 1.30. The van der Waals surface area contributed by atoms with Crippen molar-refractivity contribution in [3.63, 3.8) is 0 Å². The standard InChI is InChI=1S/C9H8BN/c10-5-7-6-11-9-4-2-1-3-8(7)9/h1-4,6,11H,5H2. The maximum atomic E-state index is 5.54. The van der Waals surface area contributed by atoms with E-state index in [2.05, 4.69) is 17.1 Å². The summed E-state index contributed by atoms with van der Waals surface area (Å²) in [4.78, 5) is 3.16. The molecule has 1 aromatic heterocycles. The summed E-state index contributed by atoms with van der Waals surface area (Å²) in [5.74, 6) is 0. The normalized spacial score (nSPS) is 10.5. The SMILES string of the molecule is [B]Cc1c[nH]c2ccccc12. The second kappa shape index (κ2) is 2.46. The number of para-hydroxylation sites is 1. The maximum absolute atomic E-state index is 5.54. The molecule has 1 nitrogen and oxygen atoms in total. The van der Waals surface area contributed by atoms with Crippen LogP contribution in [-0.2, 0) is 6.32 Å². The molecule has 0 amide bonds. The molecule has 2 rings (SSSR count). The highest BCUT2D eigenvalue weighted by Gasteiger charge is 1.97. The van der Waals surface area contributed by atoms with E-state index in [9.17, 15) is 0 Å². The Balaban J connectivity index is 2.76. The van der Waals surface area contributed by atoms with Crippen molar-refractivity contribution in [2.45, 2.75) is 6.32 Å². The van der Waals surface area contributed by atoms with E-state index in [-0.39, 0.29) is 0 Å². The highest BCUT2D eigenvalue weighted by molar-refractivity contribution is 6.09. The number of H-pyrrole nitrogens is 1. The van der Waals surface area contributed by atoms with Crippen molar-refractivity contribution in [3.8, 4) is 0 Å². The van der Waals surface area contributed by atoms with Gasteiger partial charge in [-0.05, 0) is 11.6 Å². The zero-order chi connectivity index (χ0) is 7.68. The first-order valence-corrected chi connectivity index (χ1v) is 3.67. The van der Waals surface area contributed by atoms with Crippen LogP contribution in [0.15, 0.2) is 30.5 Å². The topological polar surface area (TPSA) is 15.8 Å². The minimum absolute atomic E-state index is 0.601. The van der Waals surface area contributed by atoms with Crippen LogP contribution in [0.25, 0.3) is 10.9 Å². The van der Waals surface area contributed by atoms with E-state index in [1.165, 1.54) is 10.9 Å². The molecule has 1 aromatic carbocycles. The Morgan fingerprint density at radius 1 is 1.27 bits per heavy atom. The number of aromatic amines is 1. The van der Waals surface area contributed by atoms with E-state index in [1.54, 1.807) is 0 Å². The van der Waals surface area contributed by atoms with Crippen LogP contribution in [-0.4, -0.2) is 12.8 Å². The maximum Gasteiger partial charge on any atom is 0.0717 e. The average Bonchev–Trinajstić information content (AvgIpc) is 2.47. The molecule has 0 aliphatic carbocycles. The molecule has 0 aliphatic heterocycles. The fraction of sp³-hybridized carbons (Fsp3) is 0.111. The number of hydrogen-bond donors (Lipinski definition) is 1. The summed E-state index contributed by atoms with van der Waals surface area (Å²) in [6, 6.07) is 8.16. The molecular formula is C9H8BN. The molecule has 0 atom stereocenters. The van der Waals surface area contributed by atoms with Crippen LogP contribution in [0.4, 0.5) is 0 Å². The predicted molar refractivity (Wildman–Crippen MR) is 47.8 cm³/mol. The first-order chi connectivity index (χ1) is 5.42. The van der Waals surface area contributed by atoms with Crippen LogP contribution in [0.5, 0.6) is 0 Å². The first-order valence-electron chi connectivity index (χ1n) is 3.67. The van der Waals surface area contributed by atoms with E-state index >= 15 is 0 Å². The van der Waals surface area contributed by atoms with E-state index in [0.29, 0.717) is 6.32 Å². The minimum atomic E-state index is 0.601. The third-order valence-corrected chi connectivity index (χ3v) is 1.89. The molecule has 0 bridgehead atoms. The van der Waals surface area contributed by atoms with Crippen molar-refractivity contribution in [1.29, 1.82) is 0 Å². The first kappa shape index (κ1) is 6.53. The van der Waals surface area contributed by atoms with E-state index in [4.69, 9.17) is 7.85 Å². The summed E-state index contributed by atoms with van der Waals surface area (Å²) >= 11 is 0. The van der Waals surface area contributed by atoms with Gasteiger partial charge in [-0.25, -0.2) is 0 Å². The van der Waals surface area contributed by atoms with Gasteiger partial charge in [0.1, 0.15) is 0 Å². The third kappa shape index (κ3) is 0.948. The lowest BCUT2D eigenvalue weighted by atomic mass is 9.97. The van der Waals surface area contributed by atoms with Crippen molar-refractivity contribution >= 4 is 18.7 Å². The number of nitrogens with one attached hydrogen (secondary N) is 1. The van der Waals surface area contributed by atoms with Crippen LogP contribution in [0, 0.1) is 0 Å². The van der Waals surface area contributed by atoms with Gasteiger partial charge in [-0.15, -0.1) is 0 Å². The van der Waals surface area contributed by atoms with E-state index in [0.717, 1.165) is 5.52 Å². The van der Waals surface area contributed by atoms with Crippen LogP contribution >= 0.6 is 0 Å². The monoisotopic (exact) mass is 141 g/mol. The molecule has 0 aliphatic rings. The Kier molecular flexibility index (Phi) is 1.46. The summed E-state index contributed by atoms with van der Waals surface area (Å²) < 4.78 is 0. The summed E-state index contributed by atoms with van der Waals surface area (Å²) in [6.45, 7) is 0. The van der Waals surface area contributed by atoms with Crippen LogP contribution in [0.1, 0.15) is 5.56 Å². The van der Waals surface area contributed by atoms with Crippen LogP contribution < -0.4 is 0 Å². The summed E-state index contributed by atoms with van der Waals surface area (Å²) in [7, 11) is 5.54. The van der Waals surface area contributed by atoms with Crippen molar-refractivity contribution in [3.05, 3.63) is 36.0 Å². The molecule has 1 N–H and O–H groups in total. The molecule has 2 heteroatoms. The van der Waals surface area contributed by atoms with Gasteiger partial charge in [0, 0.05) is 17.1 Å². The number of fused-ring (bicyclic) bond motifs is 1. The van der Waals surface area contributed by atoms with Crippen molar-refractivity contribution in [2.75, 3.05) is 0 Å². The number of hydrogen-bond acceptors (Lipinski definition) is 0. The highest BCUT2D eigenvalue weighted by atomic mass is 14.7. The van der Waals surface area contributed by atoms with Gasteiger partial charge in [-0.2, -0.15) is 0 Å².